The molecular formula is C17H22FN3S. The van der Waals surface area contributed by atoms with E-state index in [1.54, 1.807) is 23.5 Å². The molecule has 0 saturated carbocycles. The van der Waals surface area contributed by atoms with Gasteiger partial charge in [-0.25, -0.2) is 9.37 Å². The van der Waals surface area contributed by atoms with Gasteiger partial charge >= 0.3 is 0 Å². The Morgan fingerprint density at radius 1 is 1.45 bits per heavy atom. The van der Waals surface area contributed by atoms with Gasteiger partial charge in [-0.05, 0) is 17.7 Å². The van der Waals surface area contributed by atoms with Crippen LogP contribution in [0, 0.1) is 5.82 Å². The summed E-state index contributed by atoms with van der Waals surface area (Å²) >= 11 is 1.79. The van der Waals surface area contributed by atoms with Gasteiger partial charge in [-0.15, -0.1) is 11.3 Å². The Kier molecular flexibility index (Phi) is 4.86. The van der Waals surface area contributed by atoms with Crippen molar-refractivity contribution in [1.82, 2.24) is 15.2 Å². The smallest absolute Gasteiger partial charge is 0.123 e. The van der Waals surface area contributed by atoms with E-state index < -0.39 is 0 Å². The van der Waals surface area contributed by atoms with Crippen molar-refractivity contribution in [2.45, 2.75) is 32.4 Å². The van der Waals surface area contributed by atoms with Crippen LogP contribution in [0.3, 0.4) is 0 Å². The minimum Gasteiger partial charge on any atom is -0.314 e. The summed E-state index contributed by atoms with van der Waals surface area (Å²) in [5.41, 5.74) is 1.04. The van der Waals surface area contributed by atoms with Crippen molar-refractivity contribution in [2.24, 2.45) is 0 Å². The molecule has 1 atom stereocenters. The molecule has 1 saturated heterocycles. The monoisotopic (exact) mass is 319 g/mol. The van der Waals surface area contributed by atoms with Gasteiger partial charge in [0, 0.05) is 49.2 Å². The summed E-state index contributed by atoms with van der Waals surface area (Å²) in [6.07, 6.45) is 1.99. The maximum absolute atomic E-state index is 13.5. The second kappa shape index (κ2) is 6.86. The SMILES string of the molecule is CC(C)c1ncc(CN2CCNCC2c2cccc(F)c2)s1. The molecule has 1 N–H and O–H groups in total. The van der Waals surface area contributed by atoms with Crippen molar-refractivity contribution in [3.8, 4) is 0 Å². The second-order valence-corrected chi connectivity index (χ2v) is 7.21. The molecule has 1 aromatic heterocycles. The average molecular weight is 319 g/mol. The number of halogens is 1. The molecule has 1 aromatic carbocycles. The third-order valence-electron chi connectivity index (χ3n) is 4.01. The van der Waals surface area contributed by atoms with Crippen LogP contribution in [0.1, 0.15) is 41.3 Å². The maximum atomic E-state index is 13.5. The fraction of sp³-hybridized carbons (Fsp3) is 0.471. The topological polar surface area (TPSA) is 28.2 Å². The Morgan fingerprint density at radius 2 is 2.32 bits per heavy atom. The molecule has 1 aliphatic rings. The molecule has 118 valence electrons. The van der Waals surface area contributed by atoms with Crippen molar-refractivity contribution in [3.63, 3.8) is 0 Å². The Bertz CT molecular complexity index is 626. The van der Waals surface area contributed by atoms with Crippen LogP contribution >= 0.6 is 11.3 Å². The van der Waals surface area contributed by atoms with E-state index in [0.29, 0.717) is 5.92 Å². The predicted molar refractivity (Wildman–Crippen MR) is 88.6 cm³/mol. The highest BCUT2D eigenvalue weighted by Gasteiger charge is 2.24. The summed E-state index contributed by atoms with van der Waals surface area (Å²) in [7, 11) is 0. The van der Waals surface area contributed by atoms with E-state index >= 15 is 0 Å². The number of thiazole rings is 1. The summed E-state index contributed by atoms with van der Waals surface area (Å²) in [5.74, 6) is 0.309. The number of hydrogen-bond donors (Lipinski definition) is 1. The van der Waals surface area contributed by atoms with Gasteiger partial charge in [0.15, 0.2) is 0 Å². The molecule has 3 nitrogen and oxygen atoms in total. The van der Waals surface area contributed by atoms with Gasteiger partial charge in [0.2, 0.25) is 0 Å². The van der Waals surface area contributed by atoms with Crippen LogP contribution in [-0.4, -0.2) is 29.5 Å². The van der Waals surface area contributed by atoms with E-state index in [9.17, 15) is 4.39 Å². The third kappa shape index (κ3) is 3.54. The lowest BCUT2D eigenvalue weighted by Gasteiger charge is -2.36. The number of nitrogens with zero attached hydrogens (tertiary/aromatic N) is 2. The van der Waals surface area contributed by atoms with Crippen molar-refractivity contribution in [3.05, 3.63) is 51.7 Å². The van der Waals surface area contributed by atoms with Gasteiger partial charge in [0.25, 0.3) is 0 Å². The second-order valence-electron chi connectivity index (χ2n) is 6.06. The molecule has 22 heavy (non-hydrogen) atoms. The molecule has 0 aliphatic carbocycles. The molecule has 1 unspecified atom stereocenters. The highest BCUT2D eigenvalue weighted by molar-refractivity contribution is 7.11. The Hall–Kier alpha value is -1.30. The summed E-state index contributed by atoms with van der Waals surface area (Å²) in [5, 5.41) is 4.60. The zero-order chi connectivity index (χ0) is 15.5. The fourth-order valence-electron chi connectivity index (χ4n) is 2.84. The number of nitrogens with one attached hydrogen (secondary N) is 1. The number of hydrogen-bond acceptors (Lipinski definition) is 4. The van der Waals surface area contributed by atoms with E-state index in [0.717, 1.165) is 31.7 Å². The fourth-order valence-corrected chi connectivity index (χ4v) is 3.79. The van der Waals surface area contributed by atoms with E-state index in [1.807, 2.05) is 12.3 Å². The molecule has 5 heteroatoms. The first-order valence-corrected chi connectivity index (χ1v) is 8.60. The van der Waals surface area contributed by atoms with Crippen molar-refractivity contribution >= 4 is 11.3 Å². The van der Waals surface area contributed by atoms with Crippen molar-refractivity contribution in [2.75, 3.05) is 19.6 Å². The molecule has 0 amide bonds. The van der Waals surface area contributed by atoms with Gasteiger partial charge in [-0.3, -0.25) is 4.90 Å². The van der Waals surface area contributed by atoms with Crippen LogP contribution in [0.5, 0.6) is 0 Å². The maximum Gasteiger partial charge on any atom is 0.123 e. The first-order chi connectivity index (χ1) is 10.6. The highest BCUT2D eigenvalue weighted by atomic mass is 32.1. The molecule has 2 heterocycles. The first kappa shape index (κ1) is 15.6. The van der Waals surface area contributed by atoms with E-state index in [2.05, 4.69) is 29.0 Å². The van der Waals surface area contributed by atoms with Gasteiger partial charge < -0.3 is 5.32 Å². The first-order valence-electron chi connectivity index (χ1n) is 7.78. The van der Waals surface area contributed by atoms with Gasteiger partial charge in [0.1, 0.15) is 5.82 Å². The summed E-state index contributed by atoms with van der Waals surface area (Å²) in [4.78, 5) is 8.21. The molecule has 0 spiro atoms. The van der Waals surface area contributed by atoms with Crippen molar-refractivity contribution < 1.29 is 4.39 Å². The van der Waals surface area contributed by atoms with Crippen LogP contribution in [0.25, 0.3) is 0 Å². The minimum atomic E-state index is -0.164. The largest absolute Gasteiger partial charge is 0.314 e. The summed E-state index contributed by atoms with van der Waals surface area (Å²) < 4.78 is 13.5. The lowest BCUT2D eigenvalue weighted by molar-refractivity contribution is 0.155. The molecule has 0 bridgehead atoms. The Morgan fingerprint density at radius 3 is 3.05 bits per heavy atom. The van der Waals surface area contributed by atoms with Crippen LogP contribution < -0.4 is 5.32 Å². The van der Waals surface area contributed by atoms with Crippen LogP contribution in [-0.2, 0) is 6.54 Å². The minimum absolute atomic E-state index is 0.164. The van der Waals surface area contributed by atoms with Gasteiger partial charge in [-0.2, -0.15) is 0 Å². The number of aromatic nitrogens is 1. The Balaban J connectivity index is 1.77. The van der Waals surface area contributed by atoms with Crippen LogP contribution in [0.4, 0.5) is 4.39 Å². The van der Waals surface area contributed by atoms with Gasteiger partial charge in [-0.1, -0.05) is 26.0 Å². The predicted octanol–water partition coefficient (Wildman–Crippen LogP) is 3.55. The zero-order valence-electron chi connectivity index (χ0n) is 13.1. The standard InChI is InChI=1S/C17H22FN3S/c1-12(2)17-20-9-15(22-17)11-21-7-6-19-10-16(21)13-4-3-5-14(18)8-13/h3-5,8-9,12,16,19H,6-7,10-11H2,1-2H3. The average Bonchev–Trinajstić information content (AvgIpc) is 2.97. The molecular weight excluding hydrogens is 297 g/mol. The van der Waals surface area contributed by atoms with E-state index in [-0.39, 0.29) is 11.9 Å². The van der Waals surface area contributed by atoms with E-state index in [1.165, 1.54) is 16.0 Å². The molecule has 2 aromatic rings. The Labute approximate surface area is 135 Å². The molecule has 1 fully saturated rings. The number of rotatable bonds is 4. The summed E-state index contributed by atoms with van der Waals surface area (Å²) in [6, 6.07) is 7.18. The zero-order valence-corrected chi connectivity index (χ0v) is 13.9. The molecule has 1 aliphatic heterocycles. The number of piperazine rings is 1. The van der Waals surface area contributed by atoms with E-state index in [4.69, 9.17) is 0 Å². The van der Waals surface area contributed by atoms with Crippen molar-refractivity contribution in [1.29, 1.82) is 0 Å². The lowest BCUT2D eigenvalue weighted by Crippen LogP contribution is -2.45. The van der Waals surface area contributed by atoms with Crippen LogP contribution in [0.2, 0.25) is 0 Å². The lowest BCUT2D eigenvalue weighted by atomic mass is 10.0. The molecule has 0 radical (unpaired) electrons. The van der Waals surface area contributed by atoms with Crippen LogP contribution in [0.15, 0.2) is 30.5 Å². The summed E-state index contributed by atoms with van der Waals surface area (Å²) in [6.45, 7) is 8.02. The highest BCUT2D eigenvalue weighted by Crippen LogP contribution is 2.28. The molecule has 3 rings (SSSR count). The normalized spacial score (nSPS) is 19.7. The third-order valence-corrected chi connectivity index (χ3v) is 5.29. The number of benzene rings is 1. The quantitative estimate of drug-likeness (QED) is 0.934. The van der Waals surface area contributed by atoms with Gasteiger partial charge in [0.05, 0.1) is 5.01 Å².